The van der Waals surface area contributed by atoms with Crippen molar-refractivity contribution in [3.8, 4) is 0 Å². The molecule has 2 saturated heterocycles. The van der Waals surface area contributed by atoms with E-state index in [4.69, 9.17) is 4.74 Å². The molecule has 5 heteroatoms. The zero-order chi connectivity index (χ0) is 8.72. The number of methoxy groups -OCH3 is 1. The second-order valence-electron chi connectivity index (χ2n) is 3.06. The third-order valence-electron chi connectivity index (χ3n) is 2.39. The number of amides is 3. The SMILES string of the molecule is COC1CC2C(=O)NC(=O)N2C1. The number of carbonyl (C=O) groups excluding carboxylic acids is 2. The maximum Gasteiger partial charge on any atom is 0.324 e. The van der Waals surface area contributed by atoms with E-state index in [1.54, 1.807) is 7.11 Å². The zero-order valence-corrected chi connectivity index (χ0v) is 6.74. The third-order valence-corrected chi connectivity index (χ3v) is 2.39. The van der Waals surface area contributed by atoms with Crippen molar-refractivity contribution in [1.29, 1.82) is 0 Å². The molecule has 3 amide bonds. The first-order chi connectivity index (χ1) is 5.72. The number of rotatable bonds is 1. The van der Waals surface area contributed by atoms with Crippen LogP contribution < -0.4 is 5.32 Å². The Morgan fingerprint density at radius 1 is 1.58 bits per heavy atom. The summed E-state index contributed by atoms with van der Waals surface area (Å²) in [6.07, 6.45) is 0.638. The van der Waals surface area contributed by atoms with Gasteiger partial charge in [-0.25, -0.2) is 4.79 Å². The topological polar surface area (TPSA) is 58.6 Å². The molecule has 2 fully saturated rings. The van der Waals surface area contributed by atoms with E-state index in [0.29, 0.717) is 13.0 Å². The predicted molar refractivity (Wildman–Crippen MR) is 39.4 cm³/mol. The van der Waals surface area contributed by atoms with Crippen molar-refractivity contribution in [2.45, 2.75) is 18.6 Å². The van der Waals surface area contributed by atoms with Crippen LogP contribution in [0.5, 0.6) is 0 Å². The van der Waals surface area contributed by atoms with Gasteiger partial charge in [0.2, 0.25) is 0 Å². The molecule has 1 N–H and O–H groups in total. The fourth-order valence-corrected chi connectivity index (χ4v) is 1.70. The predicted octanol–water partition coefficient (Wildman–Crippen LogP) is -0.675. The average molecular weight is 170 g/mol. The minimum Gasteiger partial charge on any atom is -0.380 e. The summed E-state index contributed by atoms with van der Waals surface area (Å²) in [7, 11) is 1.59. The third kappa shape index (κ3) is 0.896. The second-order valence-corrected chi connectivity index (χ2v) is 3.06. The van der Waals surface area contributed by atoms with E-state index in [1.165, 1.54) is 4.90 Å². The highest BCUT2D eigenvalue weighted by Gasteiger charge is 2.45. The molecule has 0 aliphatic carbocycles. The van der Waals surface area contributed by atoms with Crippen molar-refractivity contribution in [3.05, 3.63) is 0 Å². The van der Waals surface area contributed by atoms with Gasteiger partial charge in [0.05, 0.1) is 6.10 Å². The molecule has 0 aromatic rings. The number of hydrogen-bond acceptors (Lipinski definition) is 3. The monoisotopic (exact) mass is 170 g/mol. The van der Waals surface area contributed by atoms with Crippen molar-refractivity contribution in [3.63, 3.8) is 0 Å². The highest BCUT2D eigenvalue weighted by Crippen LogP contribution is 2.23. The standard InChI is InChI=1S/C7H10N2O3/c1-12-4-2-5-6(10)8-7(11)9(5)3-4/h4-5H,2-3H2,1H3,(H,8,10,11). The quantitative estimate of drug-likeness (QED) is 0.531. The van der Waals surface area contributed by atoms with Crippen LogP contribution in [0.4, 0.5) is 4.79 Å². The van der Waals surface area contributed by atoms with Crippen molar-refractivity contribution >= 4 is 11.9 Å². The summed E-state index contributed by atoms with van der Waals surface area (Å²) in [5, 5.41) is 2.26. The van der Waals surface area contributed by atoms with Crippen molar-refractivity contribution in [2.75, 3.05) is 13.7 Å². The van der Waals surface area contributed by atoms with E-state index in [9.17, 15) is 9.59 Å². The molecule has 2 aliphatic heterocycles. The van der Waals surface area contributed by atoms with E-state index < -0.39 is 0 Å². The van der Waals surface area contributed by atoms with Gasteiger partial charge in [-0.2, -0.15) is 0 Å². The van der Waals surface area contributed by atoms with Gasteiger partial charge in [0.25, 0.3) is 5.91 Å². The van der Waals surface area contributed by atoms with Crippen LogP contribution in [0.2, 0.25) is 0 Å². The number of hydrogen-bond donors (Lipinski definition) is 1. The van der Waals surface area contributed by atoms with E-state index in [-0.39, 0.29) is 24.1 Å². The van der Waals surface area contributed by atoms with E-state index in [0.717, 1.165) is 0 Å². The van der Waals surface area contributed by atoms with Gasteiger partial charge in [0.1, 0.15) is 6.04 Å². The van der Waals surface area contributed by atoms with Gasteiger partial charge in [-0.3, -0.25) is 10.1 Å². The number of nitrogens with zero attached hydrogens (tertiary/aromatic N) is 1. The van der Waals surface area contributed by atoms with Crippen LogP contribution >= 0.6 is 0 Å². The summed E-state index contributed by atoms with van der Waals surface area (Å²) >= 11 is 0. The maximum atomic E-state index is 11.1. The number of urea groups is 1. The summed E-state index contributed by atoms with van der Waals surface area (Å²) in [6.45, 7) is 0.527. The second kappa shape index (κ2) is 2.45. The Hall–Kier alpha value is -1.10. The molecule has 2 rings (SSSR count). The lowest BCUT2D eigenvalue weighted by Gasteiger charge is -2.10. The van der Waals surface area contributed by atoms with Crippen LogP contribution in [0.15, 0.2) is 0 Å². The summed E-state index contributed by atoms with van der Waals surface area (Å²) in [4.78, 5) is 23.7. The largest absolute Gasteiger partial charge is 0.380 e. The molecular weight excluding hydrogens is 160 g/mol. The smallest absolute Gasteiger partial charge is 0.324 e. The van der Waals surface area contributed by atoms with Gasteiger partial charge in [-0.15, -0.1) is 0 Å². The molecule has 0 radical (unpaired) electrons. The average Bonchev–Trinajstić information content (AvgIpc) is 2.55. The van der Waals surface area contributed by atoms with Gasteiger partial charge in [-0.05, 0) is 0 Å². The minimum atomic E-state index is -0.289. The summed E-state index contributed by atoms with van der Waals surface area (Å²) in [6, 6.07) is -0.577. The molecule has 5 nitrogen and oxygen atoms in total. The number of ether oxygens (including phenoxy) is 1. The number of fused-ring (bicyclic) bond motifs is 1. The maximum absolute atomic E-state index is 11.1. The Morgan fingerprint density at radius 2 is 2.33 bits per heavy atom. The lowest BCUT2D eigenvalue weighted by atomic mass is 10.2. The molecule has 66 valence electrons. The number of carbonyl (C=O) groups is 2. The Morgan fingerprint density at radius 3 is 2.92 bits per heavy atom. The molecule has 12 heavy (non-hydrogen) atoms. The van der Waals surface area contributed by atoms with E-state index >= 15 is 0 Å². The molecule has 0 aromatic carbocycles. The van der Waals surface area contributed by atoms with Crippen molar-refractivity contribution in [2.24, 2.45) is 0 Å². The molecule has 0 bridgehead atoms. The van der Waals surface area contributed by atoms with Gasteiger partial charge in [0.15, 0.2) is 0 Å². The van der Waals surface area contributed by atoms with Gasteiger partial charge in [0, 0.05) is 20.1 Å². The van der Waals surface area contributed by atoms with Crippen LogP contribution in [0, 0.1) is 0 Å². The van der Waals surface area contributed by atoms with Crippen LogP contribution in [0.3, 0.4) is 0 Å². The molecule has 2 atom stereocenters. The molecular formula is C7H10N2O3. The fourth-order valence-electron chi connectivity index (χ4n) is 1.70. The molecule has 2 heterocycles. The van der Waals surface area contributed by atoms with Crippen LogP contribution in [-0.2, 0) is 9.53 Å². The Bertz CT molecular complexity index is 219. The molecule has 0 saturated carbocycles. The zero-order valence-electron chi connectivity index (χ0n) is 6.74. The molecule has 0 spiro atoms. The first-order valence-corrected chi connectivity index (χ1v) is 3.86. The fraction of sp³-hybridized carbons (Fsp3) is 0.714. The number of imide groups is 1. The van der Waals surface area contributed by atoms with Crippen LogP contribution in [0.1, 0.15) is 6.42 Å². The Balaban J connectivity index is 2.14. The Labute approximate surface area is 69.7 Å². The number of nitrogens with one attached hydrogen (secondary N) is 1. The molecule has 2 aliphatic rings. The summed E-state index contributed by atoms with van der Waals surface area (Å²) < 4.78 is 5.07. The van der Waals surface area contributed by atoms with Crippen molar-refractivity contribution in [1.82, 2.24) is 10.2 Å². The van der Waals surface area contributed by atoms with Crippen molar-refractivity contribution < 1.29 is 14.3 Å². The first kappa shape index (κ1) is 7.54. The van der Waals surface area contributed by atoms with Crippen LogP contribution in [-0.4, -0.2) is 42.6 Å². The van der Waals surface area contributed by atoms with E-state index in [2.05, 4.69) is 5.32 Å². The summed E-state index contributed by atoms with van der Waals surface area (Å²) in [5.74, 6) is -0.195. The van der Waals surface area contributed by atoms with Gasteiger partial charge in [-0.1, -0.05) is 0 Å². The highest BCUT2D eigenvalue weighted by molar-refractivity contribution is 6.04. The lowest BCUT2D eigenvalue weighted by molar-refractivity contribution is -0.121. The van der Waals surface area contributed by atoms with Gasteiger partial charge < -0.3 is 9.64 Å². The Kier molecular flexibility index (Phi) is 1.54. The molecule has 0 aromatic heterocycles. The van der Waals surface area contributed by atoms with E-state index in [1.807, 2.05) is 0 Å². The molecule has 2 unspecified atom stereocenters. The lowest BCUT2D eigenvalue weighted by Crippen LogP contribution is -2.31. The first-order valence-electron chi connectivity index (χ1n) is 3.86. The normalized spacial score (nSPS) is 33.9. The van der Waals surface area contributed by atoms with Gasteiger partial charge >= 0.3 is 6.03 Å². The minimum absolute atomic E-state index is 0.0185. The van der Waals surface area contributed by atoms with Crippen LogP contribution in [0.25, 0.3) is 0 Å². The summed E-state index contributed by atoms with van der Waals surface area (Å²) in [5.41, 5.74) is 0. The highest BCUT2D eigenvalue weighted by atomic mass is 16.5.